The molecule has 1 heterocycles. The summed E-state index contributed by atoms with van der Waals surface area (Å²) in [6.07, 6.45) is 1.04. The second kappa shape index (κ2) is 10.1. The number of amides is 1. The summed E-state index contributed by atoms with van der Waals surface area (Å²) in [6.45, 7) is 4.42. The molecule has 1 saturated heterocycles. The van der Waals surface area contributed by atoms with Crippen LogP contribution in [0.2, 0.25) is 0 Å². The summed E-state index contributed by atoms with van der Waals surface area (Å²) in [5, 5.41) is 14.1. The van der Waals surface area contributed by atoms with Gasteiger partial charge < -0.3 is 15.6 Å². The van der Waals surface area contributed by atoms with Crippen LogP contribution in [-0.4, -0.2) is 53.0 Å². The average molecular weight is 454 g/mol. The molecule has 4 atom stereocenters. The van der Waals surface area contributed by atoms with Gasteiger partial charge in [-0.15, -0.1) is 0 Å². The van der Waals surface area contributed by atoms with Crippen molar-refractivity contribution in [1.82, 2.24) is 4.90 Å². The quantitative estimate of drug-likeness (QED) is 0.242. The molecule has 28 heavy (non-hydrogen) atoms. The molecule has 1 aliphatic heterocycles. The molecular formula is C19H28BrN5O3. The Morgan fingerprint density at radius 3 is 2.89 bits per heavy atom. The Balaban J connectivity index is 2.21. The lowest BCUT2D eigenvalue weighted by molar-refractivity contribution is -0.0655. The number of nitrogens with two attached hydrogens (primary N) is 1. The number of rotatable bonds is 10. The molecule has 0 saturated carbocycles. The average Bonchev–Trinajstić information content (AvgIpc) is 2.92. The van der Waals surface area contributed by atoms with Crippen molar-refractivity contribution in [3.63, 3.8) is 0 Å². The number of hydrogen-bond acceptors (Lipinski definition) is 5. The third-order valence-electron chi connectivity index (χ3n) is 5.25. The van der Waals surface area contributed by atoms with Gasteiger partial charge in [-0.25, -0.2) is 4.79 Å². The standard InChI is InChI=1S/C19H28BrN5O3/c1-3-16(26)19(2)17(15(21)12-13-7-6-8-14(20)11-13)25(18(27)28-19)10-5-4-9-23-24-22/h6-8,11,15-17,26H,3-5,9-10,12,21H2,1-2H3/t15-,16-,17-,19-/m1/s1. The summed E-state index contributed by atoms with van der Waals surface area (Å²) in [5.74, 6) is 0. The molecule has 1 aromatic carbocycles. The van der Waals surface area contributed by atoms with Gasteiger partial charge in [0.05, 0.1) is 12.1 Å². The third-order valence-corrected chi connectivity index (χ3v) is 5.74. The fourth-order valence-electron chi connectivity index (χ4n) is 3.84. The topological polar surface area (TPSA) is 125 Å². The zero-order valence-electron chi connectivity index (χ0n) is 16.3. The summed E-state index contributed by atoms with van der Waals surface area (Å²) in [7, 11) is 0. The summed E-state index contributed by atoms with van der Waals surface area (Å²) >= 11 is 3.46. The van der Waals surface area contributed by atoms with E-state index in [9.17, 15) is 9.90 Å². The van der Waals surface area contributed by atoms with Gasteiger partial charge in [-0.1, -0.05) is 40.1 Å². The van der Waals surface area contributed by atoms with Crippen molar-refractivity contribution < 1.29 is 14.6 Å². The Bertz CT molecular complexity index is 727. The van der Waals surface area contributed by atoms with E-state index in [0.29, 0.717) is 38.8 Å². The Labute approximate surface area is 173 Å². The van der Waals surface area contributed by atoms with Crippen molar-refractivity contribution in [2.75, 3.05) is 13.1 Å². The molecular weight excluding hydrogens is 426 g/mol. The Kier molecular flexibility index (Phi) is 8.12. The number of aliphatic hydroxyl groups is 1. The molecule has 0 unspecified atom stereocenters. The Hall–Kier alpha value is -1.80. The molecule has 0 radical (unpaired) electrons. The van der Waals surface area contributed by atoms with Crippen molar-refractivity contribution >= 4 is 22.0 Å². The molecule has 8 nitrogen and oxygen atoms in total. The second-order valence-electron chi connectivity index (χ2n) is 7.27. The molecule has 1 aliphatic rings. The van der Waals surface area contributed by atoms with E-state index < -0.39 is 29.9 Å². The van der Waals surface area contributed by atoms with E-state index in [1.807, 2.05) is 31.2 Å². The van der Waals surface area contributed by atoms with Crippen molar-refractivity contribution in [3.8, 4) is 0 Å². The first kappa shape index (κ1) is 22.5. The summed E-state index contributed by atoms with van der Waals surface area (Å²) < 4.78 is 6.61. The lowest BCUT2D eigenvalue weighted by atomic mass is 9.82. The molecule has 1 amide bonds. The van der Waals surface area contributed by atoms with Crippen molar-refractivity contribution in [2.45, 2.75) is 63.3 Å². The number of ether oxygens (including phenoxy) is 1. The number of carbonyl (C=O) groups excluding carboxylic acids is 1. The zero-order valence-corrected chi connectivity index (χ0v) is 17.9. The fraction of sp³-hybridized carbons (Fsp3) is 0.632. The van der Waals surface area contributed by atoms with E-state index in [4.69, 9.17) is 16.0 Å². The highest BCUT2D eigenvalue weighted by molar-refractivity contribution is 9.10. The normalized spacial score (nSPS) is 23.8. The van der Waals surface area contributed by atoms with Crippen LogP contribution in [-0.2, 0) is 11.2 Å². The summed E-state index contributed by atoms with van der Waals surface area (Å²) in [6, 6.07) is 6.99. The van der Waals surface area contributed by atoms with Gasteiger partial charge in [0.15, 0.2) is 5.60 Å². The van der Waals surface area contributed by atoms with E-state index in [2.05, 4.69) is 26.0 Å². The number of unbranched alkanes of at least 4 members (excludes halogenated alkanes) is 1. The van der Waals surface area contributed by atoms with Crippen molar-refractivity contribution in [3.05, 3.63) is 44.7 Å². The first-order chi connectivity index (χ1) is 13.3. The van der Waals surface area contributed by atoms with E-state index in [-0.39, 0.29) is 0 Å². The van der Waals surface area contributed by atoms with E-state index in [1.165, 1.54) is 0 Å². The monoisotopic (exact) mass is 453 g/mol. The number of halogens is 1. The summed E-state index contributed by atoms with van der Waals surface area (Å²) in [5.41, 5.74) is 14.9. The van der Waals surface area contributed by atoms with Gasteiger partial charge in [0.1, 0.15) is 0 Å². The predicted molar refractivity (Wildman–Crippen MR) is 111 cm³/mol. The van der Waals surface area contributed by atoms with Crippen LogP contribution in [0.15, 0.2) is 33.9 Å². The highest BCUT2D eigenvalue weighted by Crippen LogP contribution is 2.36. The zero-order chi connectivity index (χ0) is 20.7. The minimum Gasteiger partial charge on any atom is -0.438 e. The minimum atomic E-state index is -1.08. The minimum absolute atomic E-state index is 0.378. The first-order valence-corrected chi connectivity index (χ1v) is 10.3. The van der Waals surface area contributed by atoms with Crippen molar-refractivity contribution in [2.24, 2.45) is 10.8 Å². The number of nitrogens with zero attached hydrogens (tertiary/aromatic N) is 4. The third kappa shape index (κ3) is 5.17. The molecule has 154 valence electrons. The number of azide groups is 1. The van der Waals surface area contributed by atoms with Crippen LogP contribution >= 0.6 is 15.9 Å². The van der Waals surface area contributed by atoms with Crippen LogP contribution < -0.4 is 5.73 Å². The molecule has 0 spiro atoms. The second-order valence-corrected chi connectivity index (χ2v) is 8.19. The van der Waals surface area contributed by atoms with E-state index in [1.54, 1.807) is 11.8 Å². The van der Waals surface area contributed by atoms with Crippen LogP contribution in [0.3, 0.4) is 0 Å². The van der Waals surface area contributed by atoms with Gasteiger partial charge in [-0.3, -0.25) is 4.90 Å². The van der Waals surface area contributed by atoms with Crippen LogP contribution in [0, 0.1) is 0 Å². The van der Waals surface area contributed by atoms with Gasteiger partial charge in [0.2, 0.25) is 0 Å². The largest absolute Gasteiger partial charge is 0.438 e. The number of hydrogen-bond donors (Lipinski definition) is 2. The Morgan fingerprint density at radius 2 is 2.25 bits per heavy atom. The SMILES string of the molecule is CC[C@@H](O)[C@@]1(C)OC(=O)N(CCCCN=[N+]=[N-])[C@@H]1[C@H](N)Cc1cccc(Br)c1. The van der Waals surface area contributed by atoms with Gasteiger partial charge >= 0.3 is 6.09 Å². The van der Waals surface area contributed by atoms with Crippen molar-refractivity contribution in [1.29, 1.82) is 0 Å². The predicted octanol–water partition coefficient (Wildman–Crippen LogP) is 3.76. The number of carbonyl (C=O) groups is 1. The number of aliphatic hydroxyl groups excluding tert-OH is 1. The smallest absolute Gasteiger partial charge is 0.410 e. The molecule has 9 heteroatoms. The maximum Gasteiger partial charge on any atom is 0.410 e. The van der Waals surface area contributed by atoms with Gasteiger partial charge in [0, 0.05) is 28.5 Å². The van der Waals surface area contributed by atoms with Crippen LogP contribution in [0.5, 0.6) is 0 Å². The van der Waals surface area contributed by atoms with Crippen LogP contribution in [0.25, 0.3) is 10.4 Å². The van der Waals surface area contributed by atoms with Gasteiger partial charge in [-0.05, 0) is 55.8 Å². The fourth-order valence-corrected chi connectivity index (χ4v) is 4.29. The molecule has 1 fully saturated rings. The highest BCUT2D eigenvalue weighted by atomic mass is 79.9. The van der Waals surface area contributed by atoms with E-state index >= 15 is 0 Å². The molecule has 2 rings (SSSR count). The van der Waals surface area contributed by atoms with E-state index in [0.717, 1.165) is 10.0 Å². The number of benzene rings is 1. The molecule has 3 N–H and O–H groups in total. The number of cyclic esters (lactones) is 1. The van der Waals surface area contributed by atoms with Gasteiger partial charge in [-0.2, -0.15) is 0 Å². The maximum absolute atomic E-state index is 12.6. The first-order valence-electron chi connectivity index (χ1n) is 9.52. The molecule has 0 aromatic heterocycles. The Morgan fingerprint density at radius 1 is 1.50 bits per heavy atom. The van der Waals surface area contributed by atoms with Crippen LogP contribution in [0.1, 0.15) is 38.7 Å². The lowest BCUT2D eigenvalue weighted by Gasteiger charge is -2.38. The molecule has 1 aromatic rings. The van der Waals surface area contributed by atoms with Gasteiger partial charge in [0.25, 0.3) is 0 Å². The lowest BCUT2D eigenvalue weighted by Crippen LogP contribution is -2.60. The van der Waals surface area contributed by atoms with Crippen LogP contribution in [0.4, 0.5) is 4.79 Å². The molecule has 0 bridgehead atoms. The highest BCUT2D eigenvalue weighted by Gasteiger charge is 2.56. The molecule has 0 aliphatic carbocycles. The maximum atomic E-state index is 12.6. The summed E-state index contributed by atoms with van der Waals surface area (Å²) in [4.78, 5) is 17.0.